The van der Waals surface area contributed by atoms with Gasteiger partial charge < -0.3 is 0 Å². The van der Waals surface area contributed by atoms with Crippen molar-refractivity contribution >= 4 is 15.9 Å². The number of nitrogens with zero attached hydrogens (tertiary/aromatic N) is 2. The van der Waals surface area contributed by atoms with E-state index in [4.69, 9.17) is 0 Å². The third kappa shape index (κ3) is 3.07. The van der Waals surface area contributed by atoms with Gasteiger partial charge >= 0.3 is 0 Å². The molecule has 1 heterocycles. The zero-order valence-corrected chi connectivity index (χ0v) is 13.1. The Kier molecular flexibility index (Phi) is 4.20. The fraction of sp³-hybridized carbons (Fsp3) is 0.231. The van der Waals surface area contributed by atoms with Gasteiger partial charge in [-0.2, -0.15) is 5.10 Å². The van der Waals surface area contributed by atoms with Gasteiger partial charge in [-0.25, -0.2) is 26.3 Å². The number of halogens is 3. The number of rotatable bonds is 3. The number of nitrogens with one attached hydrogen (secondary N) is 1. The van der Waals surface area contributed by atoms with Crippen molar-refractivity contribution in [3.63, 3.8) is 0 Å². The van der Waals surface area contributed by atoms with Crippen LogP contribution in [0.1, 0.15) is 21.7 Å². The van der Waals surface area contributed by atoms with Crippen LogP contribution in [0.3, 0.4) is 0 Å². The lowest BCUT2D eigenvalue weighted by molar-refractivity contribution is 0.0980. The van der Waals surface area contributed by atoms with Crippen LogP contribution >= 0.6 is 0 Å². The number of benzene rings is 1. The highest BCUT2D eigenvalue weighted by molar-refractivity contribution is 7.90. The Balaban J connectivity index is 2.40. The fourth-order valence-corrected chi connectivity index (χ4v) is 3.48. The predicted molar refractivity (Wildman–Crippen MR) is 73.7 cm³/mol. The first kappa shape index (κ1) is 17.0. The molecule has 0 aliphatic rings. The van der Waals surface area contributed by atoms with E-state index < -0.39 is 38.9 Å². The minimum atomic E-state index is -4.31. The van der Waals surface area contributed by atoms with E-state index in [1.54, 1.807) is 4.72 Å². The monoisotopic (exact) mass is 347 g/mol. The lowest BCUT2D eigenvalue weighted by Crippen LogP contribution is -2.31. The molecule has 23 heavy (non-hydrogen) atoms. The Morgan fingerprint density at radius 1 is 1.17 bits per heavy atom. The molecule has 2 rings (SSSR count). The van der Waals surface area contributed by atoms with Crippen molar-refractivity contribution in [2.75, 3.05) is 0 Å². The van der Waals surface area contributed by atoms with Gasteiger partial charge in [-0.05, 0) is 26.0 Å². The second-order valence-corrected chi connectivity index (χ2v) is 6.43. The smallest absolute Gasteiger partial charge is 0.267 e. The summed E-state index contributed by atoms with van der Waals surface area (Å²) < 4.78 is 66.6. The van der Waals surface area contributed by atoms with Crippen LogP contribution in [0.2, 0.25) is 0 Å². The maximum Gasteiger partial charge on any atom is 0.267 e. The quantitative estimate of drug-likeness (QED) is 0.855. The Morgan fingerprint density at radius 2 is 1.70 bits per heavy atom. The van der Waals surface area contributed by atoms with Crippen LogP contribution in [0.5, 0.6) is 0 Å². The number of amides is 1. The topological polar surface area (TPSA) is 81.1 Å². The molecule has 0 aliphatic heterocycles. The highest BCUT2D eigenvalue weighted by Gasteiger charge is 2.27. The minimum absolute atomic E-state index is 0.154. The number of sulfonamides is 1. The SMILES string of the molecule is Cc1nn(C)c(C)c1S(=O)(=O)NC(=O)c1cc(F)c(F)c(F)c1. The Bertz CT molecular complexity index is 884. The van der Waals surface area contributed by atoms with Gasteiger partial charge in [0, 0.05) is 12.6 Å². The highest BCUT2D eigenvalue weighted by Crippen LogP contribution is 2.19. The zero-order chi connectivity index (χ0) is 17.5. The summed E-state index contributed by atoms with van der Waals surface area (Å²) in [6.45, 7) is 2.92. The molecule has 0 aliphatic carbocycles. The maximum absolute atomic E-state index is 13.1. The molecule has 10 heteroatoms. The molecule has 1 N–H and O–H groups in total. The number of hydrogen-bond acceptors (Lipinski definition) is 4. The van der Waals surface area contributed by atoms with Gasteiger partial charge in [0.25, 0.3) is 15.9 Å². The van der Waals surface area contributed by atoms with E-state index in [2.05, 4.69) is 5.10 Å². The minimum Gasteiger partial charge on any atom is -0.271 e. The zero-order valence-electron chi connectivity index (χ0n) is 12.3. The van der Waals surface area contributed by atoms with Crippen LogP contribution < -0.4 is 4.72 Å². The Labute approximate surface area is 130 Å². The Hall–Kier alpha value is -2.36. The van der Waals surface area contributed by atoms with E-state index >= 15 is 0 Å². The summed E-state index contributed by atoms with van der Waals surface area (Å²) in [5.41, 5.74) is -0.231. The summed E-state index contributed by atoms with van der Waals surface area (Å²) in [6.07, 6.45) is 0. The molecule has 0 atom stereocenters. The van der Waals surface area contributed by atoms with E-state index in [0.29, 0.717) is 12.1 Å². The molecule has 0 unspecified atom stereocenters. The van der Waals surface area contributed by atoms with Gasteiger partial charge in [0.15, 0.2) is 17.5 Å². The second-order valence-electron chi connectivity index (χ2n) is 4.81. The molecule has 1 amide bonds. The lowest BCUT2D eigenvalue weighted by atomic mass is 10.2. The van der Waals surface area contributed by atoms with Gasteiger partial charge in [-0.1, -0.05) is 0 Å². The van der Waals surface area contributed by atoms with E-state index in [0.717, 1.165) is 0 Å². The van der Waals surface area contributed by atoms with Crippen LogP contribution in [0.15, 0.2) is 17.0 Å². The third-order valence-electron chi connectivity index (χ3n) is 3.18. The lowest BCUT2D eigenvalue weighted by Gasteiger charge is -2.08. The average Bonchev–Trinajstić information content (AvgIpc) is 2.68. The number of carbonyl (C=O) groups is 1. The Morgan fingerprint density at radius 3 is 2.13 bits per heavy atom. The van der Waals surface area contributed by atoms with Crippen LogP contribution in [-0.2, 0) is 17.1 Å². The molecule has 0 radical (unpaired) electrons. The van der Waals surface area contributed by atoms with Gasteiger partial charge in [0.1, 0.15) is 4.90 Å². The first-order chi connectivity index (χ1) is 10.5. The van der Waals surface area contributed by atoms with Crippen molar-refractivity contribution in [2.45, 2.75) is 18.7 Å². The maximum atomic E-state index is 13.1. The highest BCUT2D eigenvalue weighted by atomic mass is 32.2. The molecule has 6 nitrogen and oxygen atoms in total. The molecule has 0 fully saturated rings. The molecule has 0 bridgehead atoms. The fourth-order valence-electron chi connectivity index (χ4n) is 2.06. The van der Waals surface area contributed by atoms with Crippen molar-refractivity contribution in [1.82, 2.24) is 14.5 Å². The van der Waals surface area contributed by atoms with Crippen LogP contribution in [0.4, 0.5) is 13.2 Å². The summed E-state index contributed by atoms with van der Waals surface area (Å²) in [7, 11) is -2.78. The summed E-state index contributed by atoms with van der Waals surface area (Å²) in [6, 6.07) is 0.818. The molecule has 124 valence electrons. The van der Waals surface area contributed by atoms with Crippen LogP contribution in [-0.4, -0.2) is 24.1 Å². The first-order valence-electron chi connectivity index (χ1n) is 6.26. The molecule has 0 saturated carbocycles. The average molecular weight is 347 g/mol. The molecule has 0 saturated heterocycles. The summed E-state index contributed by atoms with van der Waals surface area (Å²) in [5.74, 6) is -6.23. The normalized spacial score (nSPS) is 11.6. The van der Waals surface area contributed by atoms with Crippen LogP contribution in [0.25, 0.3) is 0 Å². The standard InChI is InChI=1S/C13H12F3N3O3S/c1-6-12(7(2)19(3)17-6)23(21,22)18-13(20)8-4-9(14)11(16)10(15)5-8/h4-5H,1-3H3,(H,18,20). The molecular weight excluding hydrogens is 335 g/mol. The van der Waals surface area contributed by atoms with Crippen molar-refractivity contribution in [3.8, 4) is 0 Å². The van der Waals surface area contributed by atoms with Gasteiger partial charge in [-0.3, -0.25) is 9.48 Å². The van der Waals surface area contributed by atoms with Crippen LogP contribution in [0, 0.1) is 31.3 Å². The predicted octanol–water partition coefficient (Wildman–Crippen LogP) is 1.57. The number of aryl methyl sites for hydroxylation is 2. The first-order valence-corrected chi connectivity index (χ1v) is 7.74. The third-order valence-corrected chi connectivity index (χ3v) is 4.77. The van der Waals surface area contributed by atoms with E-state index in [1.165, 1.54) is 25.6 Å². The van der Waals surface area contributed by atoms with Crippen molar-refractivity contribution in [2.24, 2.45) is 7.05 Å². The molecule has 1 aromatic carbocycles. The summed E-state index contributed by atoms with van der Waals surface area (Å²) in [4.78, 5) is 11.7. The second kappa shape index (κ2) is 5.69. The van der Waals surface area contributed by atoms with Crippen molar-refractivity contribution in [1.29, 1.82) is 0 Å². The van der Waals surface area contributed by atoms with Gasteiger partial charge in [0.2, 0.25) is 0 Å². The molecule has 2 aromatic rings. The van der Waals surface area contributed by atoms with E-state index in [-0.39, 0.29) is 16.3 Å². The van der Waals surface area contributed by atoms with Crippen molar-refractivity contribution in [3.05, 3.63) is 46.5 Å². The summed E-state index contributed by atoms with van der Waals surface area (Å²) in [5, 5.41) is 3.91. The number of aromatic nitrogens is 2. The number of hydrogen-bond donors (Lipinski definition) is 1. The van der Waals surface area contributed by atoms with Gasteiger partial charge in [-0.15, -0.1) is 0 Å². The largest absolute Gasteiger partial charge is 0.271 e. The van der Waals surface area contributed by atoms with E-state index in [9.17, 15) is 26.4 Å². The molecule has 1 aromatic heterocycles. The van der Waals surface area contributed by atoms with Crippen molar-refractivity contribution < 1.29 is 26.4 Å². The number of carbonyl (C=O) groups excluding carboxylic acids is 1. The van der Waals surface area contributed by atoms with Gasteiger partial charge in [0.05, 0.1) is 11.4 Å². The molecule has 0 spiro atoms. The molecular formula is C13H12F3N3O3S. The van der Waals surface area contributed by atoms with E-state index in [1.807, 2.05) is 0 Å². The summed E-state index contributed by atoms with van der Waals surface area (Å²) >= 11 is 0.